The Labute approximate surface area is 123 Å². The van der Waals surface area contributed by atoms with Gasteiger partial charge in [0.05, 0.1) is 18.0 Å². The zero-order chi connectivity index (χ0) is 15.8. The number of hydrogen-bond donors (Lipinski definition) is 0. The molecule has 21 heavy (non-hydrogen) atoms. The Morgan fingerprint density at radius 3 is 2.76 bits per heavy atom. The second-order valence-electron chi connectivity index (χ2n) is 4.45. The summed E-state index contributed by atoms with van der Waals surface area (Å²) in [4.78, 5) is 22.4. The van der Waals surface area contributed by atoms with Gasteiger partial charge in [0, 0.05) is 6.07 Å². The Bertz CT molecular complexity index is 527. The first-order valence-corrected chi connectivity index (χ1v) is 6.65. The number of benzene rings is 1. The molecule has 0 bridgehead atoms. The first-order chi connectivity index (χ1) is 10.0. The van der Waals surface area contributed by atoms with Gasteiger partial charge in [0.15, 0.2) is 5.75 Å². The van der Waals surface area contributed by atoms with Gasteiger partial charge in [-0.25, -0.2) is 0 Å². The average Bonchev–Trinajstić information content (AvgIpc) is 2.49. The zero-order valence-corrected chi connectivity index (χ0v) is 12.2. The van der Waals surface area contributed by atoms with E-state index in [2.05, 4.69) is 6.58 Å². The highest BCUT2D eigenvalue weighted by atomic mass is 16.6. The van der Waals surface area contributed by atoms with Crippen LogP contribution in [0, 0.1) is 10.1 Å². The van der Waals surface area contributed by atoms with E-state index < -0.39 is 16.8 Å². The van der Waals surface area contributed by atoms with Gasteiger partial charge in [0.2, 0.25) is 0 Å². The maximum absolute atomic E-state index is 11.8. The fraction of sp³-hybridized carbons (Fsp3) is 0.400. The minimum Gasteiger partial charge on any atom is -0.483 e. The van der Waals surface area contributed by atoms with Crippen molar-refractivity contribution in [2.24, 2.45) is 0 Å². The number of hydrogen-bond acceptors (Lipinski definition) is 5. The van der Waals surface area contributed by atoms with E-state index in [-0.39, 0.29) is 18.0 Å². The second-order valence-corrected chi connectivity index (χ2v) is 4.45. The molecule has 0 radical (unpaired) electrons. The Hall–Kier alpha value is -2.37. The first-order valence-electron chi connectivity index (χ1n) is 6.65. The van der Waals surface area contributed by atoms with E-state index in [1.165, 1.54) is 25.3 Å². The van der Waals surface area contributed by atoms with Crippen LogP contribution in [-0.2, 0) is 9.53 Å². The topological polar surface area (TPSA) is 78.7 Å². The first kappa shape index (κ1) is 16.7. The number of carbonyl (C=O) groups is 1. The van der Waals surface area contributed by atoms with Gasteiger partial charge in [-0.3, -0.25) is 14.9 Å². The molecule has 0 saturated heterocycles. The van der Waals surface area contributed by atoms with Gasteiger partial charge in [-0.05, 0) is 18.1 Å². The van der Waals surface area contributed by atoms with Crippen LogP contribution in [0.15, 0.2) is 30.9 Å². The number of ether oxygens (including phenoxy) is 2. The molecule has 1 atom stereocenters. The van der Waals surface area contributed by atoms with Crippen LogP contribution in [0.3, 0.4) is 0 Å². The summed E-state index contributed by atoms with van der Waals surface area (Å²) in [6.07, 6.45) is 2.84. The summed E-state index contributed by atoms with van der Waals surface area (Å²) in [5.41, 5.74) is 0.390. The number of carbonyl (C=O) groups excluding carboxylic acids is 1. The SMILES string of the molecule is C=CCOc1ccc(C(CCC)C(=O)OC)cc1[N+](=O)[O-]. The van der Waals surface area contributed by atoms with Crippen LogP contribution in [0.5, 0.6) is 5.75 Å². The fourth-order valence-corrected chi connectivity index (χ4v) is 2.02. The fourth-order valence-electron chi connectivity index (χ4n) is 2.02. The Morgan fingerprint density at radius 1 is 1.52 bits per heavy atom. The molecular weight excluding hydrogens is 274 g/mol. The quantitative estimate of drug-likeness (QED) is 0.318. The van der Waals surface area contributed by atoms with E-state index in [9.17, 15) is 14.9 Å². The van der Waals surface area contributed by atoms with Crippen molar-refractivity contribution < 1.29 is 19.2 Å². The summed E-state index contributed by atoms with van der Waals surface area (Å²) < 4.78 is 10.0. The molecule has 0 fully saturated rings. The summed E-state index contributed by atoms with van der Waals surface area (Å²) in [6, 6.07) is 4.53. The predicted octanol–water partition coefficient (Wildman–Crippen LogP) is 3.22. The number of nitro groups is 1. The van der Waals surface area contributed by atoms with Gasteiger partial charge < -0.3 is 9.47 Å². The number of esters is 1. The highest BCUT2D eigenvalue weighted by Crippen LogP contribution is 2.32. The number of rotatable bonds is 8. The van der Waals surface area contributed by atoms with E-state index in [1.807, 2.05) is 6.92 Å². The summed E-state index contributed by atoms with van der Waals surface area (Å²) in [5, 5.41) is 11.1. The molecule has 6 nitrogen and oxygen atoms in total. The van der Waals surface area contributed by atoms with Crippen molar-refractivity contribution in [2.75, 3.05) is 13.7 Å². The van der Waals surface area contributed by atoms with Crippen LogP contribution in [0.4, 0.5) is 5.69 Å². The van der Waals surface area contributed by atoms with E-state index in [0.29, 0.717) is 12.0 Å². The summed E-state index contributed by atoms with van der Waals surface area (Å²) in [7, 11) is 1.31. The number of nitrogens with zero attached hydrogens (tertiary/aromatic N) is 1. The highest BCUT2D eigenvalue weighted by molar-refractivity contribution is 5.78. The molecule has 114 valence electrons. The molecule has 1 aromatic carbocycles. The Morgan fingerprint density at radius 2 is 2.24 bits per heavy atom. The second kappa shape index (κ2) is 8.04. The average molecular weight is 293 g/mol. The maximum atomic E-state index is 11.8. The molecule has 1 rings (SSSR count). The summed E-state index contributed by atoms with van der Waals surface area (Å²) in [5.74, 6) is -0.748. The van der Waals surface area contributed by atoms with Crippen molar-refractivity contribution in [1.82, 2.24) is 0 Å². The van der Waals surface area contributed by atoms with Gasteiger partial charge >= 0.3 is 11.7 Å². The molecule has 0 spiro atoms. The molecule has 0 saturated carbocycles. The molecule has 0 aliphatic rings. The van der Waals surface area contributed by atoms with Crippen LogP contribution < -0.4 is 4.74 Å². The normalized spacial score (nSPS) is 11.5. The van der Waals surface area contributed by atoms with Gasteiger partial charge in [0.1, 0.15) is 6.61 Å². The van der Waals surface area contributed by atoms with E-state index in [1.54, 1.807) is 6.07 Å². The zero-order valence-electron chi connectivity index (χ0n) is 12.2. The summed E-state index contributed by atoms with van der Waals surface area (Å²) in [6.45, 7) is 5.61. The molecule has 0 N–H and O–H groups in total. The van der Waals surface area contributed by atoms with Crippen molar-refractivity contribution in [1.29, 1.82) is 0 Å². The van der Waals surface area contributed by atoms with Crippen LogP contribution in [-0.4, -0.2) is 24.6 Å². The van der Waals surface area contributed by atoms with Gasteiger partial charge in [-0.15, -0.1) is 0 Å². The van der Waals surface area contributed by atoms with Crippen LogP contribution >= 0.6 is 0 Å². The molecule has 1 unspecified atom stereocenters. The molecule has 0 aliphatic carbocycles. The molecule has 0 amide bonds. The number of methoxy groups -OCH3 is 1. The van der Waals surface area contributed by atoms with Crippen LogP contribution in [0.25, 0.3) is 0 Å². The standard InChI is InChI=1S/C15H19NO5/c1-4-6-12(15(17)20-3)11-7-8-14(21-9-5-2)13(10-11)16(18)19/h5,7-8,10,12H,2,4,6,9H2,1,3H3. The molecule has 0 heterocycles. The third-order valence-corrected chi connectivity index (χ3v) is 3.00. The predicted molar refractivity (Wildman–Crippen MR) is 78.5 cm³/mol. The number of nitro benzene ring substituents is 1. The highest BCUT2D eigenvalue weighted by Gasteiger charge is 2.24. The lowest BCUT2D eigenvalue weighted by molar-refractivity contribution is -0.385. The van der Waals surface area contributed by atoms with E-state index in [0.717, 1.165) is 6.42 Å². The third kappa shape index (κ3) is 4.30. The van der Waals surface area contributed by atoms with Gasteiger partial charge in [0.25, 0.3) is 0 Å². The lowest BCUT2D eigenvalue weighted by atomic mass is 9.94. The third-order valence-electron chi connectivity index (χ3n) is 3.00. The van der Waals surface area contributed by atoms with Crippen molar-refractivity contribution in [2.45, 2.75) is 25.7 Å². The van der Waals surface area contributed by atoms with Crippen molar-refractivity contribution in [3.05, 3.63) is 46.5 Å². The Kier molecular flexibility index (Phi) is 6.39. The van der Waals surface area contributed by atoms with Crippen molar-refractivity contribution in [3.8, 4) is 5.75 Å². The van der Waals surface area contributed by atoms with Crippen LogP contribution in [0.2, 0.25) is 0 Å². The monoisotopic (exact) mass is 293 g/mol. The van der Waals surface area contributed by atoms with Crippen molar-refractivity contribution in [3.63, 3.8) is 0 Å². The van der Waals surface area contributed by atoms with Gasteiger partial charge in [-0.2, -0.15) is 0 Å². The largest absolute Gasteiger partial charge is 0.483 e. The minimum atomic E-state index is -0.526. The minimum absolute atomic E-state index is 0.156. The Balaban J connectivity index is 3.18. The van der Waals surface area contributed by atoms with E-state index in [4.69, 9.17) is 9.47 Å². The smallest absolute Gasteiger partial charge is 0.313 e. The molecule has 6 heteroatoms. The molecular formula is C15H19NO5. The van der Waals surface area contributed by atoms with Gasteiger partial charge in [-0.1, -0.05) is 32.1 Å². The van der Waals surface area contributed by atoms with Crippen LogP contribution in [0.1, 0.15) is 31.2 Å². The van der Waals surface area contributed by atoms with E-state index >= 15 is 0 Å². The summed E-state index contributed by atoms with van der Waals surface area (Å²) >= 11 is 0. The maximum Gasteiger partial charge on any atom is 0.313 e. The lowest BCUT2D eigenvalue weighted by Crippen LogP contribution is -2.14. The molecule has 0 aromatic heterocycles. The van der Waals surface area contributed by atoms with Crippen molar-refractivity contribution >= 4 is 11.7 Å². The molecule has 0 aliphatic heterocycles. The molecule has 1 aromatic rings. The lowest BCUT2D eigenvalue weighted by Gasteiger charge is -2.14.